The number of aryl methyl sites for hydroxylation is 3. The zero-order chi connectivity index (χ0) is 32.4. The summed E-state index contributed by atoms with van der Waals surface area (Å²) in [5.74, 6) is -0.579. The highest BCUT2D eigenvalue weighted by Gasteiger charge is 2.21. The minimum Gasteiger partial charge on any atom is -0.469 e. The molecule has 3 aromatic rings. The number of fused-ring (bicyclic) bond motifs is 8. The molecule has 9 nitrogen and oxygen atoms in total. The van der Waals surface area contributed by atoms with E-state index in [1.165, 1.54) is 14.2 Å². The van der Waals surface area contributed by atoms with E-state index in [-0.39, 0.29) is 31.4 Å². The Bertz CT molecular complexity index is 1940. The van der Waals surface area contributed by atoms with Gasteiger partial charge in [0.05, 0.1) is 37.0 Å². The lowest BCUT2D eigenvalue weighted by atomic mass is 10.00. The number of aromatic amines is 2. The van der Waals surface area contributed by atoms with Crippen LogP contribution in [0.4, 0.5) is 0 Å². The van der Waals surface area contributed by atoms with Gasteiger partial charge in [0.2, 0.25) is 0 Å². The summed E-state index contributed by atoms with van der Waals surface area (Å²) in [6, 6.07) is 8.07. The summed E-state index contributed by atoms with van der Waals surface area (Å²) < 4.78 is 9.88. The Kier molecular flexibility index (Phi) is 9.20. The topological polar surface area (TPSA) is 130 Å². The minimum atomic E-state index is -0.290. The quantitative estimate of drug-likeness (QED) is 0.226. The number of hydrogen-bond acceptors (Lipinski definition) is 7. The molecule has 5 heterocycles. The number of hydrogen-bond donors (Lipinski definition) is 3. The predicted molar refractivity (Wildman–Crippen MR) is 179 cm³/mol. The first kappa shape index (κ1) is 31.7. The van der Waals surface area contributed by atoms with Gasteiger partial charge in [-0.15, -0.1) is 0 Å². The molecule has 0 spiro atoms. The zero-order valence-corrected chi connectivity index (χ0v) is 26.8. The van der Waals surface area contributed by atoms with Gasteiger partial charge < -0.3 is 24.5 Å². The van der Waals surface area contributed by atoms with Crippen LogP contribution in [0.3, 0.4) is 0 Å². The molecule has 0 amide bonds. The maximum absolute atomic E-state index is 12.2. The smallest absolute Gasteiger partial charge is 0.305 e. The molecule has 2 aliphatic heterocycles. The van der Waals surface area contributed by atoms with Crippen molar-refractivity contribution in [3.8, 4) is 0 Å². The van der Waals surface area contributed by atoms with E-state index in [4.69, 9.17) is 19.4 Å². The van der Waals surface area contributed by atoms with Crippen LogP contribution in [0.2, 0.25) is 0 Å². The number of ether oxygens (including phenoxy) is 2. The molecule has 0 radical (unpaired) electrons. The lowest BCUT2D eigenvalue weighted by molar-refractivity contribution is -0.141. The van der Waals surface area contributed by atoms with Gasteiger partial charge in [-0.1, -0.05) is 12.7 Å². The van der Waals surface area contributed by atoms with Crippen molar-refractivity contribution in [2.45, 2.75) is 59.8 Å². The van der Waals surface area contributed by atoms with Crippen molar-refractivity contribution >= 4 is 62.4 Å². The van der Waals surface area contributed by atoms with Crippen LogP contribution >= 0.6 is 0 Å². The molecule has 0 saturated carbocycles. The van der Waals surface area contributed by atoms with Crippen LogP contribution in [0.5, 0.6) is 0 Å². The molecule has 2 aliphatic rings. The van der Waals surface area contributed by atoms with E-state index in [1.54, 1.807) is 0 Å². The van der Waals surface area contributed by atoms with E-state index < -0.39 is 0 Å². The van der Waals surface area contributed by atoms with Gasteiger partial charge >= 0.3 is 11.9 Å². The van der Waals surface area contributed by atoms with Crippen LogP contribution < -0.4 is 0 Å². The number of nitrogens with one attached hydrogen (secondary N) is 2. The SMILES string of the molecule is C=Cc1c(C)c2cc3nc(cc4[nH]c(cc5nc(cc1[nH]2)C(C)=C5CCO)c(C)c4CCC(=O)OC)C(CCC(=O)OC)=C3C. The largest absolute Gasteiger partial charge is 0.469 e. The number of carbonyl (C=O) groups excluding carboxylic acids is 2. The maximum atomic E-state index is 12.2. The molecular formula is C36H40N4O5. The van der Waals surface area contributed by atoms with E-state index in [0.29, 0.717) is 19.3 Å². The van der Waals surface area contributed by atoms with Crippen LogP contribution in [0.1, 0.15) is 84.6 Å². The fraction of sp³-hybridized carbons (Fsp3) is 0.333. The van der Waals surface area contributed by atoms with E-state index in [1.807, 2.05) is 58.0 Å². The van der Waals surface area contributed by atoms with Crippen molar-refractivity contribution in [3.63, 3.8) is 0 Å². The number of aliphatic hydroxyl groups is 1. The van der Waals surface area contributed by atoms with Gasteiger partial charge in [0.1, 0.15) is 0 Å². The molecule has 0 unspecified atom stereocenters. The summed E-state index contributed by atoms with van der Waals surface area (Å²) >= 11 is 0. The fourth-order valence-corrected chi connectivity index (χ4v) is 6.17. The number of esters is 2. The van der Waals surface area contributed by atoms with Crippen molar-refractivity contribution in [2.75, 3.05) is 20.8 Å². The summed E-state index contributed by atoms with van der Waals surface area (Å²) in [7, 11) is 2.78. The standard InChI is InChI=1S/C36H40N4O5/c1-8-23-19(2)27-15-28-20(3)24(9-11-35(42)44-6)33(38-28)18-34-25(10-12-36(43)45-7)21(4)30(40-34)17-32-26(13-14-41)22(5)29(39-32)16-31(23)37-27/h8,15-18,37,40-41H,1,9-14H2,2-7H3. The minimum absolute atomic E-state index is 0.00295. The second-order valence-electron chi connectivity index (χ2n) is 11.4. The van der Waals surface area contributed by atoms with Crippen LogP contribution in [-0.4, -0.2) is 57.8 Å². The van der Waals surface area contributed by atoms with Crippen LogP contribution in [0.25, 0.3) is 50.4 Å². The molecule has 0 saturated heterocycles. The third-order valence-electron chi connectivity index (χ3n) is 8.90. The molecule has 9 heteroatoms. The zero-order valence-electron chi connectivity index (χ0n) is 26.8. The second-order valence-corrected chi connectivity index (χ2v) is 11.4. The van der Waals surface area contributed by atoms with Gasteiger partial charge in [0.15, 0.2) is 0 Å². The Hall–Kier alpha value is -4.76. The van der Waals surface area contributed by atoms with Crippen LogP contribution in [0.15, 0.2) is 30.8 Å². The van der Waals surface area contributed by atoms with Gasteiger partial charge in [-0.3, -0.25) is 9.59 Å². The first-order chi connectivity index (χ1) is 21.6. The number of allylic oxidation sites excluding steroid dienone is 3. The number of aromatic nitrogens is 4. The van der Waals surface area contributed by atoms with Crippen molar-refractivity contribution < 1.29 is 24.2 Å². The molecule has 45 heavy (non-hydrogen) atoms. The molecule has 5 rings (SSSR count). The first-order valence-corrected chi connectivity index (χ1v) is 15.1. The van der Waals surface area contributed by atoms with Crippen LogP contribution in [-0.2, 0) is 25.5 Å². The summed E-state index contributed by atoms with van der Waals surface area (Å²) in [6.07, 6.45) is 3.68. The molecule has 3 aromatic heterocycles. The highest BCUT2D eigenvalue weighted by atomic mass is 16.5. The summed E-state index contributed by atoms with van der Waals surface area (Å²) in [6.45, 7) is 12.2. The average molecular weight is 609 g/mol. The number of carbonyl (C=O) groups is 2. The molecule has 0 aromatic carbocycles. The van der Waals surface area contributed by atoms with Crippen molar-refractivity contribution in [1.82, 2.24) is 19.9 Å². The van der Waals surface area contributed by atoms with Crippen molar-refractivity contribution in [2.24, 2.45) is 0 Å². The monoisotopic (exact) mass is 608 g/mol. The second kappa shape index (κ2) is 13.1. The van der Waals surface area contributed by atoms with Gasteiger partial charge in [0.25, 0.3) is 0 Å². The number of nitrogens with zero attached hydrogens (tertiary/aromatic N) is 2. The number of H-pyrrole nitrogens is 2. The molecule has 3 N–H and O–H groups in total. The predicted octanol–water partition coefficient (Wildman–Crippen LogP) is 6.88. The van der Waals surface area contributed by atoms with E-state index >= 15 is 0 Å². The first-order valence-electron chi connectivity index (χ1n) is 15.1. The highest BCUT2D eigenvalue weighted by molar-refractivity contribution is 5.96. The Morgan fingerprint density at radius 2 is 1.22 bits per heavy atom. The van der Waals surface area contributed by atoms with Crippen molar-refractivity contribution in [1.29, 1.82) is 0 Å². The molecule has 234 valence electrons. The van der Waals surface area contributed by atoms with Crippen molar-refractivity contribution in [3.05, 3.63) is 75.9 Å². The van der Waals surface area contributed by atoms with E-state index in [0.717, 1.165) is 89.4 Å². The average Bonchev–Trinajstić information content (AvgIpc) is 3.68. The van der Waals surface area contributed by atoms with Gasteiger partial charge in [-0.05, 0) is 110 Å². The highest BCUT2D eigenvalue weighted by Crippen LogP contribution is 2.37. The normalized spacial score (nSPS) is 13.0. The Labute approximate surface area is 262 Å². The lowest BCUT2D eigenvalue weighted by Gasteiger charge is -2.04. The maximum Gasteiger partial charge on any atom is 0.305 e. The lowest BCUT2D eigenvalue weighted by Crippen LogP contribution is -2.02. The Balaban J connectivity index is 1.90. The number of methoxy groups -OCH3 is 2. The van der Waals surface area contributed by atoms with Gasteiger partial charge in [-0.25, -0.2) is 9.97 Å². The molecule has 0 aliphatic carbocycles. The number of rotatable bonds is 9. The van der Waals surface area contributed by atoms with Crippen LogP contribution in [0, 0.1) is 13.8 Å². The number of aliphatic hydroxyl groups excluding tert-OH is 1. The molecule has 8 bridgehead atoms. The fourth-order valence-electron chi connectivity index (χ4n) is 6.17. The molecular weight excluding hydrogens is 568 g/mol. The summed E-state index contributed by atoms with van der Waals surface area (Å²) in [5, 5.41) is 9.93. The molecule has 0 fully saturated rings. The third kappa shape index (κ3) is 6.13. The van der Waals surface area contributed by atoms with Gasteiger partial charge in [-0.2, -0.15) is 0 Å². The van der Waals surface area contributed by atoms with Gasteiger partial charge in [0, 0.05) is 47.1 Å². The third-order valence-corrected chi connectivity index (χ3v) is 8.90. The molecule has 0 atom stereocenters. The van der Waals surface area contributed by atoms with E-state index in [2.05, 4.69) is 16.5 Å². The Morgan fingerprint density at radius 1 is 0.733 bits per heavy atom. The Morgan fingerprint density at radius 3 is 1.80 bits per heavy atom. The van der Waals surface area contributed by atoms with E-state index in [9.17, 15) is 14.7 Å². The summed E-state index contributed by atoms with van der Waals surface area (Å²) in [5.41, 5.74) is 14.5. The summed E-state index contributed by atoms with van der Waals surface area (Å²) in [4.78, 5) is 41.6.